The van der Waals surface area contributed by atoms with Crippen molar-refractivity contribution in [1.29, 1.82) is 0 Å². The molecule has 10 heteroatoms. The van der Waals surface area contributed by atoms with Gasteiger partial charge in [-0.1, -0.05) is 0 Å². The van der Waals surface area contributed by atoms with Gasteiger partial charge in [0.25, 0.3) is 0 Å². The Morgan fingerprint density at radius 1 is 0.826 bits per heavy atom. The van der Waals surface area contributed by atoms with E-state index in [2.05, 4.69) is 4.74 Å². The lowest BCUT2D eigenvalue weighted by Crippen LogP contribution is -2.63. The number of methoxy groups -OCH3 is 1. The van der Waals surface area contributed by atoms with Crippen LogP contribution in [0.4, 0.5) is 0 Å². The van der Waals surface area contributed by atoms with Gasteiger partial charge in [-0.25, -0.2) is 4.79 Å². The van der Waals surface area contributed by atoms with Gasteiger partial charge in [0.15, 0.2) is 24.4 Å². The van der Waals surface area contributed by atoms with E-state index in [-0.39, 0.29) is 0 Å². The lowest BCUT2D eigenvalue weighted by atomic mass is 9.84. The van der Waals surface area contributed by atoms with Crippen molar-refractivity contribution >= 4 is 31.7 Å². The lowest BCUT2D eigenvalue weighted by Gasteiger charge is -2.42. The minimum Gasteiger partial charge on any atom is -0.467 e. The molecule has 1 aliphatic heterocycles. The summed E-state index contributed by atoms with van der Waals surface area (Å²) in [6.45, 7) is 3.44. The molecule has 1 aliphatic rings. The first kappa shape index (κ1) is 19.0. The molecule has 0 aromatic rings. The van der Waals surface area contributed by atoms with Gasteiger partial charge in [-0.2, -0.15) is 0 Å². The standard InChI is InChI=1S/C13H19BO9/c1-5(15)20-8-9(21-6(2)16)11(13(18)19-4)23-12(14)10(8)22-7(3)17/h8-12H,14H2,1-4H3/t8?,9-,10+,11-,12-/m0/s1. The van der Waals surface area contributed by atoms with E-state index in [4.69, 9.17) is 18.9 Å². The number of rotatable bonds is 4. The van der Waals surface area contributed by atoms with Gasteiger partial charge in [-0.3, -0.25) is 14.4 Å². The van der Waals surface area contributed by atoms with Gasteiger partial charge in [-0.15, -0.1) is 0 Å². The molecule has 1 unspecified atom stereocenters. The zero-order valence-corrected chi connectivity index (χ0v) is 13.6. The van der Waals surface area contributed by atoms with Gasteiger partial charge in [0.1, 0.15) is 7.85 Å². The van der Waals surface area contributed by atoms with E-state index in [1.54, 1.807) is 0 Å². The summed E-state index contributed by atoms with van der Waals surface area (Å²) in [5.41, 5.74) is 0. The van der Waals surface area contributed by atoms with Crippen LogP contribution in [0, 0.1) is 0 Å². The molecular weight excluding hydrogens is 311 g/mol. The third-order valence-electron chi connectivity index (χ3n) is 3.11. The maximum absolute atomic E-state index is 11.9. The van der Waals surface area contributed by atoms with Crippen LogP contribution in [0.2, 0.25) is 0 Å². The van der Waals surface area contributed by atoms with Crippen molar-refractivity contribution < 1.29 is 42.9 Å². The summed E-state index contributed by atoms with van der Waals surface area (Å²) in [5, 5.41) is 0. The number of hydrogen-bond donors (Lipinski definition) is 0. The number of ether oxygens (including phenoxy) is 5. The molecule has 5 atom stereocenters. The Bertz CT molecular complexity index is 492. The van der Waals surface area contributed by atoms with Crippen molar-refractivity contribution in [3.05, 3.63) is 0 Å². The highest BCUT2D eigenvalue weighted by Crippen LogP contribution is 2.28. The number of hydrogen-bond acceptors (Lipinski definition) is 9. The Morgan fingerprint density at radius 3 is 1.70 bits per heavy atom. The molecule has 1 rings (SSSR count). The second kappa shape index (κ2) is 7.95. The molecule has 0 bridgehead atoms. The Balaban J connectivity index is 3.21. The maximum Gasteiger partial charge on any atom is 0.339 e. The third-order valence-corrected chi connectivity index (χ3v) is 3.11. The molecule has 0 spiro atoms. The number of carbonyl (C=O) groups excluding carboxylic acids is 4. The van der Waals surface area contributed by atoms with Crippen LogP contribution in [0.3, 0.4) is 0 Å². The molecule has 9 nitrogen and oxygen atoms in total. The summed E-state index contributed by atoms with van der Waals surface area (Å²) in [7, 11) is 2.67. The smallest absolute Gasteiger partial charge is 0.339 e. The summed E-state index contributed by atoms with van der Waals surface area (Å²) >= 11 is 0. The van der Waals surface area contributed by atoms with E-state index in [0.29, 0.717) is 0 Å². The van der Waals surface area contributed by atoms with Crippen molar-refractivity contribution in [2.24, 2.45) is 0 Å². The molecule has 0 N–H and O–H groups in total. The summed E-state index contributed by atoms with van der Waals surface area (Å²) in [6.07, 6.45) is -4.85. The average Bonchev–Trinajstić information content (AvgIpc) is 2.43. The Labute approximate surface area is 133 Å². The molecule has 0 aliphatic carbocycles. The second-order valence-electron chi connectivity index (χ2n) is 5.01. The van der Waals surface area contributed by atoms with E-state index in [9.17, 15) is 19.2 Å². The van der Waals surface area contributed by atoms with Crippen LogP contribution >= 0.6 is 0 Å². The van der Waals surface area contributed by atoms with Gasteiger partial charge in [0, 0.05) is 20.8 Å². The minimum atomic E-state index is -1.31. The summed E-state index contributed by atoms with van der Waals surface area (Å²) in [5.74, 6) is -2.86. The first-order chi connectivity index (χ1) is 10.7. The lowest BCUT2D eigenvalue weighted by molar-refractivity contribution is -0.236. The van der Waals surface area contributed by atoms with E-state index in [1.165, 1.54) is 14.8 Å². The number of carbonyl (C=O) groups is 4. The molecule has 1 saturated heterocycles. The van der Waals surface area contributed by atoms with Gasteiger partial charge in [0.05, 0.1) is 13.1 Å². The van der Waals surface area contributed by atoms with Gasteiger partial charge in [0.2, 0.25) is 0 Å². The third kappa shape index (κ3) is 4.95. The average molecular weight is 330 g/mol. The van der Waals surface area contributed by atoms with Gasteiger partial charge >= 0.3 is 23.9 Å². The van der Waals surface area contributed by atoms with Crippen molar-refractivity contribution in [3.8, 4) is 0 Å². The molecule has 0 amide bonds. The summed E-state index contributed by atoms with van der Waals surface area (Å²) in [6, 6.07) is -0.792. The molecule has 0 saturated carbocycles. The molecule has 0 aromatic heterocycles. The van der Waals surface area contributed by atoms with Crippen molar-refractivity contribution in [3.63, 3.8) is 0 Å². The Morgan fingerprint density at radius 2 is 1.26 bits per heavy atom. The van der Waals surface area contributed by atoms with Crippen LogP contribution < -0.4 is 0 Å². The topological polar surface area (TPSA) is 114 Å². The van der Waals surface area contributed by atoms with Gasteiger partial charge in [-0.05, 0) is 0 Å². The highest BCUT2D eigenvalue weighted by atomic mass is 16.7. The molecule has 1 fully saturated rings. The summed E-state index contributed by atoms with van der Waals surface area (Å²) in [4.78, 5) is 45.8. The maximum atomic E-state index is 11.9. The SMILES string of the molecule is B[C@H]1O[C@H](C(=O)OC)[C@@H](OC(C)=O)C(OC(C)=O)[C@H]1OC(C)=O. The minimum absolute atomic E-state index is 0.638. The van der Waals surface area contributed by atoms with E-state index >= 15 is 0 Å². The first-order valence-electron chi connectivity index (χ1n) is 6.92. The predicted molar refractivity (Wildman–Crippen MR) is 75.9 cm³/mol. The molecule has 0 radical (unpaired) electrons. The van der Waals surface area contributed by atoms with Gasteiger partial charge < -0.3 is 23.7 Å². The Hall–Kier alpha value is -2.10. The van der Waals surface area contributed by atoms with Crippen LogP contribution in [-0.4, -0.2) is 69.3 Å². The molecule has 0 aromatic carbocycles. The van der Waals surface area contributed by atoms with Crippen molar-refractivity contribution in [2.45, 2.75) is 51.2 Å². The van der Waals surface area contributed by atoms with Crippen LogP contribution in [0.1, 0.15) is 20.8 Å². The summed E-state index contributed by atoms with van der Waals surface area (Å²) < 4.78 is 25.4. The zero-order valence-electron chi connectivity index (χ0n) is 13.6. The highest BCUT2D eigenvalue weighted by Gasteiger charge is 2.53. The normalized spacial score (nSPS) is 30.0. The fourth-order valence-electron chi connectivity index (χ4n) is 2.32. The van der Waals surface area contributed by atoms with Crippen LogP contribution in [0.5, 0.6) is 0 Å². The van der Waals surface area contributed by atoms with E-state index < -0.39 is 54.3 Å². The fraction of sp³-hybridized carbons (Fsp3) is 0.692. The van der Waals surface area contributed by atoms with Crippen LogP contribution in [-0.2, 0) is 42.9 Å². The van der Waals surface area contributed by atoms with Crippen LogP contribution in [0.25, 0.3) is 0 Å². The Kier molecular flexibility index (Phi) is 6.55. The first-order valence-corrected chi connectivity index (χ1v) is 6.92. The molecular formula is C13H19BO9. The van der Waals surface area contributed by atoms with Crippen molar-refractivity contribution in [1.82, 2.24) is 0 Å². The molecule has 1 heterocycles. The number of esters is 4. The van der Waals surface area contributed by atoms with E-state index in [0.717, 1.165) is 21.0 Å². The van der Waals surface area contributed by atoms with Crippen molar-refractivity contribution in [2.75, 3.05) is 7.11 Å². The monoisotopic (exact) mass is 330 g/mol. The molecule has 23 heavy (non-hydrogen) atoms. The molecule has 128 valence electrons. The zero-order chi connectivity index (χ0) is 17.7. The highest BCUT2D eigenvalue weighted by molar-refractivity contribution is 6.11. The predicted octanol–water partition coefficient (Wildman–Crippen LogP) is -1.69. The second-order valence-corrected chi connectivity index (χ2v) is 5.01. The quantitative estimate of drug-likeness (QED) is 0.338. The van der Waals surface area contributed by atoms with E-state index in [1.807, 2.05) is 0 Å². The van der Waals surface area contributed by atoms with Crippen LogP contribution in [0.15, 0.2) is 0 Å². The largest absolute Gasteiger partial charge is 0.467 e. The fourth-order valence-corrected chi connectivity index (χ4v) is 2.32.